The minimum absolute atomic E-state index is 0.0737. The van der Waals surface area contributed by atoms with Crippen LogP contribution in [0.25, 0.3) is 0 Å². The SMILES string of the molecule is CC(C)[C@@H](NC(=O)[C@@H](C)N)C(=O)N1CC[C@](O)(c2ccc(Cl)cc2)C(C)(C)C1. The molecule has 1 fully saturated rings. The number of carbonyl (C=O) groups excluding carboxylic acids is 2. The lowest BCUT2D eigenvalue weighted by Crippen LogP contribution is -2.61. The van der Waals surface area contributed by atoms with Crippen molar-refractivity contribution in [2.45, 2.75) is 58.7 Å². The average Bonchev–Trinajstić information content (AvgIpc) is 2.61. The molecule has 1 aliphatic rings. The highest BCUT2D eigenvalue weighted by atomic mass is 35.5. The molecule has 6 nitrogen and oxygen atoms in total. The number of amides is 2. The van der Waals surface area contributed by atoms with Crippen molar-refractivity contribution in [3.8, 4) is 0 Å². The summed E-state index contributed by atoms with van der Waals surface area (Å²) < 4.78 is 0. The lowest BCUT2D eigenvalue weighted by atomic mass is 9.66. The normalized spacial score (nSPS) is 24.0. The molecule has 1 aliphatic heterocycles. The monoisotopic (exact) mass is 409 g/mol. The molecule has 0 aromatic heterocycles. The van der Waals surface area contributed by atoms with E-state index in [4.69, 9.17) is 17.3 Å². The van der Waals surface area contributed by atoms with Crippen LogP contribution in [0.3, 0.4) is 0 Å². The summed E-state index contributed by atoms with van der Waals surface area (Å²) in [7, 11) is 0. The molecule has 3 atom stereocenters. The van der Waals surface area contributed by atoms with E-state index in [1.165, 1.54) is 0 Å². The van der Waals surface area contributed by atoms with E-state index in [-0.39, 0.29) is 17.7 Å². The van der Waals surface area contributed by atoms with E-state index < -0.39 is 23.1 Å². The number of nitrogens with two attached hydrogens (primary N) is 1. The number of hydrogen-bond donors (Lipinski definition) is 3. The zero-order valence-corrected chi connectivity index (χ0v) is 18.1. The second-order valence-corrected chi connectivity index (χ2v) is 9.22. The van der Waals surface area contributed by atoms with Gasteiger partial charge in [-0.3, -0.25) is 9.59 Å². The summed E-state index contributed by atoms with van der Waals surface area (Å²) >= 11 is 5.98. The van der Waals surface area contributed by atoms with Gasteiger partial charge in [0, 0.05) is 23.5 Å². The Labute approximate surface area is 172 Å². The number of likely N-dealkylation sites (tertiary alicyclic amines) is 1. The van der Waals surface area contributed by atoms with Crippen LogP contribution in [0.5, 0.6) is 0 Å². The maximum absolute atomic E-state index is 13.1. The van der Waals surface area contributed by atoms with Crippen LogP contribution in [0, 0.1) is 11.3 Å². The van der Waals surface area contributed by atoms with Gasteiger partial charge < -0.3 is 21.1 Å². The maximum atomic E-state index is 13.1. The van der Waals surface area contributed by atoms with Crippen molar-refractivity contribution in [2.24, 2.45) is 17.1 Å². The number of aliphatic hydroxyl groups is 1. The van der Waals surface area contributed by atoms with Crippen molar-refractivity contribution in [3.05, 3.63) is 34.9 Å². The molecule has 1 heterocycles. The Balaban J connectivity index is 2.21. The van der Waals surface area contributed by atoms with Gasteiger partial charge in [0.15, 0.2) is 0 Å². The summed E-state index contributed by atoms with van der Waals surface area (Å²) in [5.41, 5.74) is 4.77. The van der Waals surface area contributed by atoms with Crippen LogP contribution in [-0.4, -0.2) is 47.0 Å². The molecule has 4 N–H and O–H groups in total. The first-order chi connectivity index (χ1) is 12.9. The van der Waals surface area contributed by atoms with Gasteiger partial charge in [0.05, 0.1) is 11.6 Å². The Bertz CT molecular complexity index is 718. The lowest BCUT2D eigenvalue weighted by molar-refractivity contribution is -0.156. The lowest BCUT2D eigenvalue weighted by Gasteiger charge is -2.51. The summed E-state index contributed by atoms with van der Waals surface area (Å²) in [6, 6.07) is 5.88. The van der Waals surface area contributed by atoms with E-state index in [1.54, 1.807) is 24.0 Å². The van der Waals surface area contributed by atoms with Crippen LogP contribution < -0.4 is 11.1 Å². The van der Waals surface area contributed by atoms with Crippen molar-refractivity contribution >= 4 is 23.4 Å². The number of carbonyl (C=O) groups is 2. The molecule has 0 saturated carbocycles. The van der Waals surface area contributed by atoms with Gasteiger partial charge in [-0.25, -0.2) is 0 Å². The summed E-state index contributed by atoms with van der Waals surface area (Å²) in [6.07, 6.45) is 0.402. The van der Waals surface area contributed by atoms with Gasteiger partial charge in [0.2, 0.25) is 11.8 Å². The minimum atomic E-state index is -1.07. The Morgan fingerprint density at radius 2 is 1.79 bits per heavy atom. The maximum Gasteiger partial charge on any atom is 0.245 e. The van der Waals surface area contributed by atoms with Gasteiger partial charge >= 0.3 is 0 Å². The van der Waals surface area contributed by atoms with Crippen molar-refractivity contribution in [2.75, 3.05) is 13.1 Å². The Kier molecular flexibility index (Phi) is 6.79. The quantitative estimate of drug-likeness (QED) is 0.695. The van der Waals surface area contributed by atoms with Crippen LogP contribution in [0.1, 0.15) is 46.6 Å². The molecule has 0 unspecified atom stereocenters. The van der Waals surface area contributed by atoms with E-state index in [1.807, 2.05) is 39.8 Å². The predicted molar refractivity (Wildman–Crippen MR) is 111 cm³/mol. The Morgan fingerprint density at radius 1 is 1.21 bits per heavy atom. The Hall–Kier alpha value is -1.63. The number of nitrogens with zero attached hydrogens (tertiary/aromatic N) is 1. The van der Waals surface area contributed by atoms with Crippen molar-refractivity contribution in [1.82, 2.24) is 10.2 Å². The fourth-order valence-electron chi connectivity index (χ4n) is 3.77. The topological polar surface area (TPSA) is 95.7 Å². The Morgan fingerprint density at radius 3 is 2.25 bits per heavy atom. The van der Waals surface area contributed by atoms with Gasteiger partial charge in [-0.05, 0) is 37.0 Å². The van der Waals surface area contributed by atoms with Crippen molar-refractivity contribution in [3.63, 3.8) is 0 Å². The van der Waals surface area contributed by atoms with Crippen LogP contribution in [-0.2, 0) is 15.2 Å². The van der Waals surface area contributed by atoms with Gasteiger partial charge in [0.1, 0.15) is 6.04 Å². The summed E-state index contributed by atoms with van der Waals surface area (Å²) in [5, 5.41) is 14.8. The molecule has 28 heavy (non-hydrogen) atoms. The van der Waals surface area contributed by atoms with Crippen LogP contribution in [0.2, 0.25) is 5.02 Å². The highest BCUT2D eigenvalue weighted by Crippen LogP contribution is 2.46. The van der Waals surface area contributed by atoms with E-state index in [0.29, 0.717) is 24.5 Å². The van der Waals surface area contributed by atoms with Gasteiger partial charge in [0.25, 0.3) is 0 Å². The fraction of sp³-hybridized carbons (Fsp3) is 0.619. The molecule has 0 spiro atoms. The number of hydrogen-bond acceptors (Lipinski definition) is 4. The second kappa shape index (κ2) is 8.39. The molecule has 2 rings (SSSR count). The third-order valence-corrected chi connectivity index (χ3v) is 5.98. The number of benzene rings is 1. The molecular weight excluding hydrogens is 378 g/mol. The van der Waals surface area contributed by atoms with Crippen LogP contribution >= 0.6 is 11.6 Å². The van der Waals surface area contributed by atoms with Gasteiger partial charge in [-0.15, -0.1) is 0 Å². The molecule has 156 valence electrons. The molecule has 1 saturated heterocycles. The summed E-state index contributed by atoms with van der Waals surface area (Å²) in [4.78, 5) is 26.9. The van der Waals surface area contributed by atoms with E-state index in [9.17, 15) is 14.7 Å². The number of piperidine rings is 1. The van der Waals surface area contributed by atoms with E-state index >= 15 is 0 Å². The molecule has 1 aromatic rings. The van der Waals surface area contributed by atoms with Crippen molar-refractivity contribution in [1.29, 1.82) is 0 Å². The standard InChI is InChI=1S/C21H32ClN3O3/c1-13(2)17(24-18(26)14(3)23)19(27)25-11-10-21(28,20(4,5)12-25)15-6-8-16(22)9-7-15/h6-9,13-14,17,28H,10-12,23H2,1-5H3,(H,24,26)/t14-,17-,21+/m1/s1. The smallest absolute Gasteiger partial charge is 0.245 e. The van der Waals surface area contributed by atoms with E-state index in [0.717, 1.165) is 5.56 Å². The zero-order valence-electron chi connectivity index (χ0n) is 17.3. The summed E-state index contributed by atoms with van der Waals surface area (Å²) in [6.45, 7) is 10.1. The first-order valence-corrected chi connectivity index (χ1v) is 10.1. The predicted octanol–water partition coefficient (Wildman–Crippen LogP) is 2.27. The third-order valence-electron chi connectivity index (χ3n) is 5.73. The van der Waals surface area contributed by atoms with Crippen LogP contribution in [0.15, 0.2) is 24.3 Å². The third kappa shape index (κ3) is 4.50. The number of halogens is 1. The first-order valence-electron chi connectivity index (χ1n) is 9.72. The van der Waals surface area contributed by atoms with Gasteiger partial charge in [-0.2, -0.15) is 0 Å². The second-order valence-electron chi connectivity index (χ2n) is 8.78. The highest BCUT2D eigenvalue weighted by molar-refractivity contribution is 6.30. The van der Waals surface area contributed by atoms with E-state index in [2.05, 4.69) is 5.32 Å². The highest BCUT2D eigenvalue weighted by Gasteiger charge is 2.50. The number of nitrogens with one attached hydrogen (secondary N) is 1. The zero-order chi connectivity index (χ0) is 21.3. The largest absolute Gasteiger partial charge is 0.384 e. The molecule has 0 bridgehead atoms. The fourth-order valence-corrected chi connectivity index (χ4v) is 3.89. The average molecular weight is 410 g/mol. The first kappa shape index (κ1) is 22.7. The number of rotatable bonds is 5. The molecule has 2 amide bonds. The molecule has 0 aliphatic carbocycles. The molecular formula is C21H32ClN3O3. The molecule has 1 aromatic carbocycles. The van der Waals surface area contributed by atoms with Crippen LogP contribution in [0.4, 0.5) is 0 Å². The molecule has 7 heteroatoms. The minimum Gasteiger partial charge on any atom is -0.384 e. The van der Waals surface area contributed by atoms with Crippen molar-refractivity contribution < 1.29 is 14.7 Å². The van der Waals surface area contributed by atoms with Gasteiger partial charge in [-0.1, -0.05) is 51.4 Å². The molecule has 0 radical (unpaired) electrons. The summed E-state index contributed by atoms with van der Waals surface area (Å²) in [5.74, 6) is -0.563.